The molecule has 1 aromatic carbocycles. The minimum absolute atomic E-state index is 0.113. The summed E-state index contributed by atoms with van der Waals surface area (Å²) in [7, 11) is 0. The molecule has 1 aliphatic heterocycles. The minimum atomic E-state index is 0.113. The van der Waals surface area contributed by atoms with Gasteiger partial charge in [0.05, 0.1) is 6.04 Å². The Labute approximate surface area is 138 Å². The van der Waals surface area contributed by atoms with Crippen molar-refractivity contribution >= 4 is 11.5 Å². The summed E-state index contributed by atoms with van der Waals surface area (Å²) in [5.41, 5.74) is 4.69. The van der Waals surface area contributed by atoms with Crippen molar-refractivity contribution in [3.63, 3.8) is 0 Å². The van der Waals surface area contributed by atoms with Gasteiger partial charge in [0, 0.05) is 31.1 Å². The number of aryl methyl sites for hydroxylation is 1. The van der Waals surface area contributed by atoms with Gasteiger partial charge in [-0.05, 0) is 43.5 Å². The molecule has 1 amide bonds. The van der Waals surface area contributed by atoms with Gasteiger partial charge in [-0.2, -0.15) is 0 Å². The molecule has 0 fully saturated rings. The molecule has 1 atom stereocenters. The van der Waals surface area contributed by atoms with Crippen LogP contribution in [0.25, 0.3) is 5.57 Å². The molecule has 2 heterocycles. The van der Waals surface area contributed by atoms with Gasteiger partial charge in [-0.3, -0.25) is 4.79 Å². The number of carbonyl (C=O) groups excluding carboxylic acids is 1. The average molecular weight is 308 g/mol. The van der Waals surface area contributed by atoms with Crippen LogP contribution in [0.4, 0.5) is 0 Å². The Kier molecular flexibility index (Phi) is 4.37. The van der Waals surface area contributed by atoms with E-state index in [1.165, 1.54) is 11.3 Å². The maximum Gasteiger partial charge on any atom is 0.247 e. The van der Waals surface area contributed by atoms with Crippen LogP contribution < -0.4 is 0 Å². The molecule has 0 radical (unpaired) electrons. The minimum Gasteiger partial charge on any atom is -0.348 e. The lowest BCUT2D eigenvalue weighted by atomic mass is 10.0. The van der Waals surface area contributed by atoms with Crippen molar-refractivity contribution in [3.05, 3.63) is 65.5 Å². The first-order chi connectivity index (χ1) is 11.1. The average Bonchev–Trinajstić information content (AvgIpc) is 3.03. The highest BCUT2D eigenvalue weighted by atomic mass is 16.2. The summed E-state index contributed by atoms with van der Waals surface area (Å²) < 4.78 is 2.23. The zero-order valence-electron chi connectivity index (χ0n) is 14.1. The second-order valence-electron chi connectivity index (χ2n) is 6.22. The fraction of sp³-hybridized carbons (Fsp3) is 0.350. The van der Waals surface area contributed by atoms with Crippen LogP contribution in [0.3, 0.4) is 0 Å². The first-order valence-electron chi connectivity index (χ1n) is 8.33. The summed E-state index contributed by atoms with van der Waals surface area (Å²) in [6.07, 6.45) is 4.76. The first-order valence-corrected chi connectivity index (χ1v) is 8.33. The van der Waals surface area contributed by atoms with E-state index in [-0.39, 0.29) is 11.9 Å². The Bertz CT molecular complexity index is 724. The SMILES string of the molecule is CC/C(=C/C(=O)N1CCn2cccc2[C@H]1C)c1ccc(C)cc1. The lowest BCUT2D eigenvalue weighted by molar-refractivity contribution is -0.129. The molecule has 0 unspecified atom stereocenters. The number of hydrogen-bond acceptors (Lipinski definition) is 1. The van der Waals surface area contributed by atoms with Gasteiger partial charge in [-0.15, -0.1) is 0 Å². The van der Waals surface area contributed by atoms with Gasteiger partial charge >= 0.3 is 0 Å². The van der Waals surface area contributed by atoms with Crippen molar-refractivity contribution in [2.24, 2.45) is 0 Å². The van der Waals surface area contributed by atoms with Gasteiger partial charge in [-0.25, -0.2) is 0 Å². The number of fused-ring (bicyclic) bond motifs is 1. The van der Waals surface area contributed by atoms with Gasteiger partial charge < -0.3 is 9.47 Å². The van der Waals surface area contributed by atoms with Crippen molar-refractivity contribution < 1.29 is 4.79 Å². The van der Waals surface area contributed by atoms with E-state index >= 15 is 0 Å². The lowest BCUT2D eigenvalue weighted by Gasteiger charge is -2.34. The second kappa shape index (κ2) is 6.45. The molecule has 2 aromatic rings. The summed E-state index contributed by atoms with van der Waals surface area (Å²) in [6.45, 7) is 7.92. The van der Waals surface area contributed by atoms with E-state index in [0.29, 0.717) is 0 Å². The van der Waals surface area contributed by atoms with Crippen molar-refractivity contribution in [2.45, 2.75) is 39.8 Å². The maximum atomic E-state index is 12.8. The maximum absolute atomic E-state index is 12.8. The number of carbonyl (C=O) groups is 1. The molecule has 0 aliphatic carbocycles. The zero-order chi connectivity index (χ0) is 16.4. The van der Waals surface area contributed by atoms with Crippen molar-refractivity contribution in [1.29, 1.82) is 0 Å². The topological polar surface area (TPSA) is 25.2 Å². The monoisotopic (exact) mass is 308 g/mol. The van der Waals surface area contributed by atoms with Crippen LogP contribution in [-0.4, -0.2) is 21.9 Å². The fourth-order valence-corrected chi connectivity index (χ4v) is 3.27. The van der Waals surface area contributed by atoms with E-state index in [4.69, 9.17) is 0 Å². The third-order valence-electron chi connectivity index (χ3n) is 4.73. The molecule has 3 rings (SSSR count). The number of allylic oxidation sites excluding steroid dienone is 1. The summed E-state index contributed by atoms with van der Waals surface area (Å²) in [5, 5.41) is 0. The van der Waals surface area contributed by atoms with Gasteiger partial charge in [0.25, 0.3) is 0 Å². The standard InChI is InChI=1S/C20H24N2O/c1-4-17(18-9-7-15(2)8-10-18)14-20(23)22-13-12-21-11-5-6-19(21)16(22)3/h5-11,14,16H,4,12-13H2,1-3H3/b17-14-/t16-/m1/s1. The summed E-state index contributed by atoms with van der Waals surface area (Å²) >= 11 is 0. The van der Waals surface area contributed by atoms with Crippen LogP contribution in [0.2, 0.25) is 0 Å². The Morgan fingerprint density at radius 3 is 2.65 bits per heavy atom. The van der Waals surface area contributed by atoms with Crippen LogP contribution in [0.1, 0.15) is 43.1 Å². The molecule has 23 heavy (non-hydrogen) atoms. The second-order valence-corrected chi connectivity index (χ2v) is 6.22. The predicted molar refractivity (Wildman–Crippen MR) is 94.0 cm³/mol. The summed E-state index contributed by atoms with van der Waals surface area (Å²) in [4.78, 5) is 14.8. The number of nitrogens with zero attached hydrogens (tertiary/aromatic N) is 2. The molecule has 1 aliphatic rings. The zero-order valence-corrected chi connectivity index (χ0v) is 14.1. The van der Waals surface area contributed by atoms with Crippen LogP contribution in [0, 0.1) is 6.92 Å². The fourth-order valence-electron chi connectivity index (χ4n) is 3.27. The van der Waals surface area contributed by atoms with Gasteiger partial charge in [-0.1, -0.05) is 36.8 Å². The van der Waals surface area contributed by atoms with E-state index in [0.717, 1.165) is 30.6 Å². The van der Waals surface area contributed by atoms with E-state index in [1.807, 2.05) is 11.0 Å². The quantitative estimate of drug-likeness (QED) is 0.780. The first kappa shape index (κ1) is 15.6. The molecular weight excluding hydrogens is 284 g/mol. The molecule has 0 saturated carbocycles. The highest BCUT2D eigenvalue weighted by Crippen LogP contribution is 2.27. The highest BCUT2D eigenvalue weighted by molar-refractivity contribution is 5.95. The number of rotatable bonds is 3. The number of amides is 1. The van der Waals surface area contributed by atoms with Crippen LogP contribution in [0.5, 0.6) is 0 Å². The molecule has 120 valence electrons. The molecule has 3 heteroatoms. The Morgan fingerprint density at radius 2 is 1.96 bits per heavy atom. The normalized spacial score (nSPS) is 18.0. The number of benzene rings is 1. The molecule has 1 aromatic heterocycles. The lowest BCUT2D eigenvalue weighted by Crippen LogP contribution is -2.39. The van der Waals surface area contributed by atoms with Crippen molar-refractivity contribution in [1.82, 2.24) is 9.47 Å². The molecule has 0 N–H and O–H groups in total. The third kappa shape index (κ3) is 3.09. The predicted octanol–water partition coefficient (Wildman–Crippen LogP) is 4.19. The van der Waals surface area contributed by atoms with Gasteiger partial charge in [0.2, 0.25) is 5.91 Å². The Balaban J connectivity index is 1.83. The van der Waals surface area contributed by atoms with Crippen molar-refractivity contribution in [3.8, 4) is 0 Å². The molecule has 0 saturated heterocycles. The largest absolute Gasteiger partial charge is 0.348 e. The molecule has 0 spiro atoms. The van der Waals surface area contributed by atoms with E-state index in [2.05, 4.69) is 67.9 Å². The Morgan fingerprint density at radius 1 is 1.22 bits per heavy atom. The van der Waals surface area contributed by atoms with Crippen molar-refractivity contribution in [2.75, 3.05) is 6.54 Å². The number of hydrogen-bond donors (Lipinski definition) is 0. The Hall–Kier alpha value is -2.29. The molecule has 0 bridgehead atoms. The smallest absolute Gasteiger partial charge is 0.247 e. The van der Waals surface area contributed by atoms with Gasteiger partial charge in [0.15, 0.2) is 0 Å². The van der Waals surface area contributed by atoms with E-state index in [9.17, 15) is 4.79 Å². The van der Waals surface area contributed by atoms with Crippen LogP contribution in [0.15, 0.2) is 48.7 Å². The van der Waals surface area contributed by atoms with Crippen LogP contribution in [-0.2, 0) is 11.3 Å². The molecular formula is C20H24N2O. The van der Waals surface area contributed by atoms with E-state index < -0.39 is 0 Å². The van der Waals surface area contributed by atoms with Crippen LogP contribution >= 0.6 is 0 Å². The molecule has 3 nitrogen and oxygen atoms in total. The van der Waals surface area contributed by atoms with Gasteiger partial charge in [0.1, 0.15) is 0 Å². The summed E-state index contributed by atoms with van der Waals surface area (Å²) in [5.74, 6) is 0.113. The number of aromatic nitrogens is 1. The third-order valence-corrected chi connectivity index (χ3v) is 4.73. The van der Waals surface area contributed by atoms with E-state index in [1.54, 1.807) is 0 Å². The highest BCUT2D eigenvalue weighted by Gasteiger charge is 2.26. The summed E-state index contributed by atoms with van der Waals surface area (Å²) in [6, 6.07) is 12.7.